The van der Waals surface area contributed by atoms with Gasteiger partial charge in [0.2, 0.25) is 0 Å². The molecule has 41 heavy (non-hydrogen) atoms. The summed E-state index contributed by atoms with van der Waals surface area (Å²) in [7, 11) is 2.19. The number of rotatable bonds is 6. The molecule has 0 radical (unpaired) electrons. The van der Waals surface area contributed by atoms with E-state index in [9.17, 15) is 5.11 Å². The van der Waals surface area contributed by atoms with Crippen molar-refractivity contribution in [3.05, 3.63) is 71.6 Å². The zero-order valence-electron chi connectivity index (χ0n) is 25.8. The first kappa shape index (κ1) is 29.0. The molecule has 3 aromatic rings. The van der Waals surface area contributed by atoms with Gasteiger partial charge in [-0.1, -0.05) is 44.0 Å². The van der Waals surface area contributed by atoms with Crippen LogP contribution in [-0.2, 0) is 6.42 Å². The Kier molecular flexibility index (Phi) is 8.06. The van der Waals surface area contributed by atoms with Crippen molar-refractivity contribution in [2.75, 3.05) is 7.05 Å². The van der Waals surface area contributed by atoms with E-state index in [1.165, 1.54) is 11.1 Å². The molecule has 216 valence electrons. The summed E-state index contributed by atoms with van der Waals surface area (Å²) >= 11 is 0. The van der Waals surface area contributed by atoms with Crippen molar-refractivity contribution >= 4 is 22.3 Å². The predicted molar refractivity (Wildman–Crippen MR) is 172 cm³/mol. The monoisotopic (exact) mass is 551 g/mol. The molecule has 1 saturated heterocycles. The third kappa shape index (κ3) is 6.38. The van der Waals surface area contributed by atoms with Gasteiger partial charge in [-0.15, -0.1) is 10.2 Å². The number of pyridine rings is 1. The van der Waals surface area contributed by atoms with Crippen molar-refractivity contribution < 1.29 is 5.11 Å². The van der Waals surface area contributed by atoms with Crippen LogP contribution in [0.5, 0.6) is 5.75 Å². The lowest BCUT2D eigenvalue weighted by molar-refractivity contribution is 0.113. The smallest absolute Gasteiger partial charge is 0.131 e. The number of benzene rings is 2. The highest BCUT2D eigenvalue weighted by molar-refractivity contribution is 6.11. The number of aromatic hydroxyl groups is 1. The fourth-order valence-corrected chi connectivity index (χ4v) is 6.77. The molecule has 0 saturated carbocycles. The number of piperidine rings is 1. The molecule has 2 aliphatic heterocycles. The minimum Gasteiger partial charge on any atom is -0.507 e. The zero-order chi connectivity index (χ0) is 29.4. The fourth-order valence-electron chi connectivity index (χ4n) is 6.77. The number of aryl methyl sites for hydroxylation is 1. The number of nitrogens with one attached hydrogen (secondary N) is 1. The van der Waals surface area contributed by atoms with Crippen molar-refractivity contribution in [2.24, 2.45) is 10.2 Å². The highest BCUT2D eigenvalue weighted by Gasteiger charge is 2.40. The Morgan fingerprint density at radius 2 is 1.71 bits per heavy atom. The molecule has 1 aromatic heterocycles. The number of aromatic nitrogens is 1. The average Bonchev–Trinajstić information content (AvgIpc) is 3.13. The fraction of sp³-hybridized carbons (Fsp3) is 0.457. The van der Waals surface area contributed by atoms with E-state index in [1.54, 1.807) is 18.5 Å². The summed E-state index contributed by atoms with van der Waals surface area (Å²) < 4.78 is 0. The van der Waals surface area contributed by atoms with Gasteiger partial charge < -0.3 is 15.3 Å². The summed E-state index contributed by atoms with van der Waals surface area (Å²) in [6.45, 7) is 13.6. The van der Waals surface area contributed by atoms with Crippen LogP contribution >= 0.6 is 0 Å². The summed E-state index contributed by atoms with van der Waals surface area (Å²) in [5.74, 6) is 1.30. The summed E-state index contributed by atoms with van der Waals surface area (Å²) in [5, 5.41) is 26.4. The summed E-state index contributed by atoms with van der Waals surface area (Å²) in [4.78, 5) is 6.57. The van der Waals surface area contributed by atoms with Crippen LogP contribution in [-0.4, -0.2) is 50.7 Å². The molecule has 6 heteroatoms. The Balaban J connectivity index is 1.51. The molecule has 2 aliphatic rings. The van der Waals surface area contributed by atoms with E-state index in [4.69, 9.17) is 10.2 Å². The lowest BCUT2D eigenvalue weighted by atomic mass is 9.79. The topological polar surface area (TPSA) is 73.1 Å². The molecule has 0 atom stereocenters. The Morgan fingerprint density at radius 1 is 0.951 bits per heavy atom. The largest absolute Gasteiger partial charge is 0.507 e. The number of amidine groups is 1. The van der Waals surface area contributed by atoms with Crippen LogP contribution in [0.4, 0.5) is 0 Å². The maximum Gasteiger partial charge on any atom is 0.131 e. The van der Waals surface area contributed by atoms with E-state index in [0.29, 0.717) is 6.04 Å². The molecular weight excluding hydrogens is 506 g/mol. The van der Waals surface area contributed by atoms with Crippen molar-refractivity contribution in [3.8, 4) is 16.9 Å². The van der Waals surface area contributed by atoms with Gasteiger partial charge in [0.25, 0.3) is 0 Å². The second-order valence-corrected chi connectivity index (χ2v) is 13.1. The van der Waals surface area contributed by atoms with Gasteiger partial charge in [0.05, 0.1) is 5.71 Å². The molecule has 0 aliphatic carbocycles. The van der Waals surface area contributed by atoms with Gasteiger partial charge in [-0.05, 0) is 94.2 Å². The summed E-state index contributed by atoms with van der Waals surface area (Å²) in [6.07, 6.45) is 11.6. The van der Waals surface area contributed by atoms with Crippen molar-refractivity contribution in [1.29, 1.82) is 0 Å². The van der Waals surface area contributed by atoms with Crippen LogP contribution in [0.15, 0.2) is 70.6 Å². The molecule has 3 heterocycles. The van der Waals surface area contributed by atoms with E-state index in [2.05, 4.69) is 88.1 Å². The van der Waals surface area contributed by atoms with E-state index in [-0.39, 0.29) is 16.8 Å². The molecule has 0 amide bonds. The van der Waals surface area contributed by atoms with E-state index >= 15 is 0 Å². The van der Waals surface area contributed by atoms with Crippen LogP contribution in [0.1, 0.15) is 84.8 Å². The number of fused-ring (bicyclic) bond motifs is 1. The molecule has 6 nitrogen and oxygen atoms in total. The molecule has 5 rings (SSSR count). The third-order valence-electron chi connectivity index (χ3n) is 8.54. The van der Waals surface area contributed by atoms with Crippen LogP contribution in [0, 0.1) is 0 Å². The number of hydrogen-bond donors (Lipinski definition) is 2. The predicted octanol–water partition coefficient (Wildman–Crippen LogP) is 7.64. The Morgan fingerprint density at radius 3 is 2.41 bits per heavy atom. The third-order valence-corrected chi connectivity index (χ3v) is 8.54. The molecule has 1 fully saturated rings. The lowest BCUT2D eigenvalue weighted by Crippen LogP contribution is -2.62. The average molecular weight is 552 g/mol. The summed E-state index contributed by atoms with van der Waals surface area (Å²) in [5.41, 5.74) is 6.55. The molecule has 0 spiro atoms. The number of hydrogen-bond acceptors (Lipinski definition) is 6. The first-order valence-electron chi connectivity index (χ1n) is 15.0. The molecule has 0 unspecified atom stereocenters. The molecule has 2 aromatic carbocycles. The number of allylic oxidation sites excluding steroid dienone is 1. The second kappa shape index (κ2) is 11.4. The summed E-state index contributed by atoms with van der Waals surface area (Å²) in [6, 6.07) is 12.7. The van der Waals surface area contributed by atoms with E-state index in [1.807, 2.05) is 12.1 Å². The molecule has 2 N–H and O–H groups in total. The SMILES string of the molecule is CCCc1cc(-c2cc3ccncc3cc2O)ccc1C1=NN=C(N(C)C2CC(C)(C)NC(C)(C)C2)CC(CC)=C1. The first-order valence-corrected chi connectivity index (χ1v) is 15.0. The number of phenols is 1. The van der Waals surface area contributed by atoms with Gasteiger partial charge >= 0.3 is 0 Å². The van der Waals surface area contributed by atoms with E-state index < -0.39 is 0 Å². The maximum absolute atomic E-state index is 10.9. The van der Waals surface area contributed by atoms with Crippen LogP contribution < -0.4 is 5.32 Å². The quantitative estimate of drug-likeness (QED) is 0.330. The normalized spacial score (nSPS) is 18.9. The number of phenolic OH excluding ortho intramolecular Hbond substituents is 1. The minimum absolute atomic E-state index is 0.0665. The van der Waals surface area contributed by atoms with Gasteiger partial charge in [-0.25, -0.2) is 0 Å². The lowest BCUT2D eigenvalue weighted by Gasteiger charge is -2.49. The maximum atomic E-state index is 10.9. The number of nitrogens with zero attached hydrogens (tertiary/aromatic N) is 4. The van der Waals surface area contributed by atoms with Crippen molar-refractivity contribution in [2.45, 2.75) is 97.2 Å². The Labute approximate surface area is 245 Å². The van der Waals surface area contributed by atoms with Gasteiger partial charge in [0.15, 0.2) is 0 Å². The first-order chi connectivity index (χ1) is 19.5. The van der Waals surface area contributed by atoms with Crippen LogP contribution in [0.25, 0.3) is 21.9 Å². The highest BCUT2D eigenvalue weighted by atomic mass is 16.3. The minimum atomic E-state index is 0.0665. The van der Waals surface area contributed by atoms with Crippen molar-refractivity contribution in [3.63, 3.8) is 0 Å². The molecule has 0 bridgehead atoms. The molecular formula is C35H45N5O. The Bertz CT molecular complexity index is 1510. The van der Waals surface area contributed by atoms with Gasteiger partial charge in [-0.2, -0.15) is 0 Å². The standard InChI is InChI=1S/C35H45N5O/c1-8-10-25-17-26(30-18-24-13-14-36-22-27(24)19-32(30)41)11-12-29(25)31-15-23(9-2)16-33(38-37-31)40(7)28-20-34(3,4)39-35(5,6)21-28/h11-15,17-19,22,28,39,41H,8-10,16,20-21H2,1-7H3. The van der Waals surface area contributed by atoms with Gasteiger partial charge in [0, 0.05) is 59.5 Å². The zero-order valence-corrected chi connectivity index (χ0v) is 25.8. The van der Waals surface area contributed by atoms with Crippen LogP contribution in [0.2, 0.25) is 0 Å². The van der Waals surface area contributed by atoms with E-state index in [0.717, 1.165) is 77.5 Å². The van der Waals surface area contributed by atoms with Gasteiger partial charge in [-0.3, -0.25) is 4.98 Å². The second-order valence-electron chi connectivity index (χ2n) is 13.1. The van der Waals surface area contributed by atoms with Crippen molar-refractivity contribution in [1.82, 2.24) is 15.2 Å². The highest BCUT2D eigenvalue weighted by Crippen LogP contribution is 2.35. The van der Waals surface area contributed by atoms with Crippen LogP contribution in [0.3, 0.4) is 0 Å². The van der Waals surface area contributed by atoms with Gasteiger partial charge in [0.1, 0.15) is 11.6 Å². The Hall–Kier alpha value is -3.51.